The van der Waals surface area contributed by atoms with Gasteiger partial charge >= 0.3 is 5.69 Å². The van der Waals surface area contributed by atoms with Gasteiger partial charge in [-0.3, -0.25) is 10.1 Å². The zero-order valence-electron chi connectivity index (χ0n) is 13.5. The minimum Gasteiger partial charge on any atom is -0.450 e. The zero-order valence-corrected chi connectivity index (χ0v) is 14.2. The molecule has 6 heteroatoms. The highest BCUT2D eigenvalue weighted by atomic mass is 35.5. The summed E-state index contributed by atoms with van der Waals surface area (Å²) in [5.41, 5.74) is 3.14. The third-order valence-corrected chi connectivity index (χ3v) is 4.10. The molecular weight excluding hydrogens is 328 g/mol. The van der Waals surface area contributed by atoms with Crippen molar-refractivity contribution in [1.29, 1.82) is 0 Å². The third kappa shape index (κ3) is 3.36. The fourth-order valence-corrected chi connectivity index (χ4v) is 2.95. The smallest absolute Gasteiger partial charge is 0.311 e. The van der Waals surface area contributed by atoms with Crippen molar-refractivity contribution in [1.82, 2.24) is 4.90 Å². The van der Waals surface area contributed by atoms with Gasteiger partial charge in [-0.2, -0.15) is 0 Å². The van der Waals surface area contributed by atoms with Crippen molar-refractivity contribution < 1.29 is 9.66 Å². The number of nitro benzene ring substituents is 1. The minimum atomic E-state index is -0.404. The van der Waals surface area contributed by atoms with Crippen LogP contribution in [0.5, 0.6) is 11.5 Å². The Labute approximate surface area is 145 Å². The molecule has 0 radical (unpaired) electrons. The van der Waals surface area contributed by atoms with E-state index >= 15 is 0 Å². The average molecular weight is 345 g/mol. The van der Waals surface area contributed by atoms with Crippen molar-refractivity contribution in [3.8, 4) is 11.5 Å². The second-order valence-corrected chi connectivity index (χ2v) is 6.34. The van der Waals surface area contributed by atoms with Crippen LogP contribution in [0.4, 0.5) is 5.69 Å². The number of fused-ring (bicyclic) bond motifs is 1. The Kier molecular flexibility index (Phi) is 4.44. The molecule has 1 aliphatic carbocycles. The monoisotopic (exact) mass is 344 g/mol. The Bertz CT molecular complexity index is 814. The fraction of sp³-hybridized carbons (Fsp3) is 0.222. The lowest BCUT2D eigenvalue weighted by Crippen LogP contribution is -2.02. The van der Waals surface area contributed by atoms with Crippen LogP contribution in [-0.2, 0) is 6.42 Å². The van der Waals surface area contributed by atoms with Crippen LogP contribution in [0.15, 0.2) is 42.6 Å². The number of hydrogen-bond acceptors (Lipinski definition) is 4. The summed E-state index contributed by atoms with van der Waals surface area (Å²) in [5, 5.41) is 12.0. The van der Waals surface area contributed by atoms with Crippen LogP contribution in [0, 0.1) is 10.1 Å². The van der Waals surface area contributed by atoms with Gasteiger partial charge in [0.2, 0.25) is 5.75 Å². The summed E-state index contributed by atoms with van der Waals surface area (Å²) >= 11 is 5.86. The van der Waals surface area contributed by atoms with E-state index in [0.717, 1.165) is 29.5 Å². The van der Waals surface area contributed by atoms with Gasteiger partial charge in [0.05, 0.1) is 4.92 Å². The summed E-state index contributed by atoms with van der Waals surface area (Å²) in [6.45, 7) is 0. The van der Waals surface area contributed by atoms with Crippen molar-refractivity contribution in [3.05, 3.63) is 68.9 Å². The number of ether oxygens (including phenoxy) is 1. The highest BCUT2D eigenvalue weighted by molar-refractivity contribution is 6.30. The Morgan fingerprint density at radius 1 is 1.21 bits per heavy atom. The number of rotatable bonds is 4. The van der Waals surface area contributed by atoms with Crippen molar-refractivity contribution >= 4 is 22.9 Å². The van der Waals surface area contributed by atoms with Crippen molar-refractivity contribution in [2.45, 2.75) is 12.8 Å². The summed E-state index contributed by atoms with van der Waals surface area (Å²) in [6, 6.07) is 10.1. The number of nitro groups is 1. The molecule has 0 saturated carbocycles. The van der Waals surface area contributed by atoms with Crippen LogP contribution >= 0.6 is 11.6 Å². The Morgan fingerprint density at radius 2 is 1.92 bits per heavy atom. The van der Waals surface area contributed by atoms with Crippen LogP contribution in [0.2, 0.25) is 5.02 Å². The van der Waals surface area contributed by atoms with Gasteiger partial charge in [0.15, 0.2) is 0 Å². The lowest BCUT2D eigenvalue weighted by molar-refractivity contribution is -0.385. The summed E-state index contributed by atoms with van der Waals surface area (Å²) in [5.74, 6) is 0.756. The Hall–Kier alpha value is -2.53. The number of aryl methyl sites for hydroxylation is 1. The third-order valence-electron chi connectivity index (χ3n) is 3.85. The minimum absolute atomic E-state index is 0.0187. The van der Waals surface area contributed by atoms with Gasteiger partial charge in [-0.25, -0.2) is 0 Å². The highest BCUT2D eigenvalue weighted by Gasteiger charge is 2.25. The van der Waals surface area contributed by atoms with Gasteiger partial charge < -0.3 is 9.64 Å². The molecular formula is C18H17ClN2O3. The molecule has 0 bridgehead atoms. The van der Waals surface area contributed by atoms with Gasteiger partial charge in [-0.1, -0.05) is 11.6 Å². The molecule has 2 aromatic rings. The van der Waals surface area contributed by atoms with Crippen LogP contribution in [-0.4, -0.2) is 23.9 Å². The van der Waals surface area contributed by atoms with E-state index in [1.165, 1.54) is 0 Å². The molecule has 0 atom stereocenters. The largest absolute Gasteiger partial charge is 0.450 e. The molecule has 0 amide bonds. The van der Waals surface area contributed by atoms with E-state index in [9.17, 15) is 10.1 Å². The second kappa shape index (κ2) is 6.53. The second-order valence-electron chi connectivity index (χ2n) is 5.91. The SMILES string of the molecule is CN(C)/C=C1\CCc2cc([N+](=O)[O-])c(Oc3ccc(Cl)cc3)cc21. The van der Waals surface area contributed by atoms with E-state index in [4.69, 9.17) is 16.3 Å². The molecule has 0 unspecified atom stereocenters. The number of halogens is 1. The first kappa shape index (κ1) is 16.3. The summed E-state index contributed by atoms with van der Waals surface area (Å²) in [4.78, 5) is 13.0. The highest BCUT2D eigenvalue weighted by Crippen LogP contribution is 2.41. The van der Waals surface area contributed by atoms with Gasteiger partial charge in [-0.15, -0.1) is 0 Å². The molecule has 0 heterocycles. The first-order valence-electron chi connectivity index (χ1n) is 7.56. The molecule has 24 heavy (non-hydrogen) atoms. The lowest BCUT2D eigenvalue weighted by Gasteiger charge is -2.11. The van der Waals surface area contributed by atoms with Crippen LogP contribution in [0.1, 0.15) is 17.5 Å². The first-order valence-corrected chi connectivity index (χ1v) is 7.94. The van der Waals surface area contributed by atoms with Crippen LogP contribution in [0.3, 0.4) is 0 Å². The number of benzene rings is 2. The topological polar surface area (TPSA) is 55.6 Å². The summed E-state index contributed by atoms with van der Waals surface area (Å²) < 4.78 is 5.76. The molecule has 0 fully saturated rings. The predicted octanol–water partition coefficient (Wildman–Crippen LogP) is 4.89. The lowest BCUT2D eigenvalue weighted by atomic mass is 10.1. The molecule has 0 aliphatic heterocycles. The molecule has 0 spiro atoms. The maximum absolute atomic E-state index is 11.4. The van der Waals surface area contributed by atoms with Gasteiger partial charge in [0, 0.05) is 31.4 Å². The van der Waals surface area contributed by atoms with Crippen LogP contribution < -0.4 is 4.74 Å². The quantitative estimate of drug-likeness (QED) is 0.585. The van der Waals surface area contributed by atoms with E-state index in [1.807, 2.05) is 25.2 Å². The molecule has 0 saturated heterocycles. The van der Waals surface area contributed by atoms with E-state index in [1.54, 1.807) is 36.4 Å². The summed E-state index contributed by atoms with van der Waals surface area (Å²) in [6.07, 6.45) is 3.72. The molecule has 5 nitrogen and oxygen atoms in total. The van der Waals surface area contributed by atoms with E-state index in [0.29, 0.717) is 10.8 Å². The predicted molar refractivity (Wildman–Crippen MR) is 94.6 cm³/mol. The maximum atomic E-state index is 11.4. The van der Waals surface area contributed by atoms with Gasteiger partial charge in [0.1, 0.15) is 5.75 Å². The van der Waals surface area contributed by atoms with Crippen LogP contribution in [0.25, 0.3) is 5.57 Å². The molecule has 0 N–H and O–H groups in total. The first-order chi connectivity index (χ1) is 11.4. The van der Waals surface area contributed by atoms with Crippen molar-refractivity contribution in [3.63, 3.8) is 0 Å². The van der Waals surface area contributed by atoms with Gasteiger partial charge in [0.25, 0.3) is 0 Å². The van der Waals surface area contributed by atoms with E-state index in [2.05, 4.69) is 0 Å². The van der Waals surface area contributed by atoms with E-state index in [-0.39, 0.29) is 11.4 Å². The summed E-state index contributed by atoms with van der Waals surface area (Å²) in [7, 11) is 3.92. The Balaban J connectivity index is 2.04. The molecule has 1 aliphatic rings. The van der Waals surface area contributed by atoms with Crippen molar-refractivity contribution in [2.24, 2.45) is 0 Å². The Morgan fingerprint density at radius 3 is 2.54 bits per heavy atom. The standard InChI is InChI=1S/C18H17ClN2O3/c1-20(2)11-13-4-3-12-9-17(21(22)23)18(10-16(12)13)24-15-7-5-14(19)6-8-15/h5-11H,3-4H2,1-2H3/b13-11+. The van der Waals surface area contributed by atoms with Crippen molar-refractivity contribution in [2.75, 3.05) is 14.1 Å². The zero-order chi connectivity index (χ0) is 17.3. The number of hydrogen-bond donors (Lipinski definition) is 0. The molecule has 0 aromatic heterocycles. The van der Waals surface area contributed by atoms with E-state index < -0.39 is 4.92 Å². The fourth-order valence-electron chi connectivity index (χ4n) is 2.82. The molecule has 2 aromatic carbocycles. The molecule has 124 valence electrons. The molecule has 3 rings (SSSR count). The normalized spacial score (nSPS) is 14.5. The van der Waals surface area contributed by atoms with Gasteiger partial charge in [-0.05, 0) is 59.9 Å². The number of nitrogens with zero attached hydrogens (tertiary/aromatic N) is 2. The number of allylic oxidation sites excluding steroid dienone is 1. The maximum Gasteiger partial charge on any atom is 0.311 e. The average Bonchev–Trinajstić information content (AvgIpc) is 2.90.